The van der Waals surface area contributed by atoms with Gasteiger partial charge in [-0.1, -0.05) is 13.8 Å². The summed E-state index contributed by atoms with van der Waals surface area (Å²) in [6.45, 7) is 7.92. The molecule has 29 heavy (non-hydrogen) atoms. The van der Waals surface area contributed by atoms with Crippen LogP contribution in [0.4, 0.5) is 0 Å². The SMILES string of the molecule is CCn1c(=O)[nH]c(=O)c2c(C(=O)NC(C)CCc3ccco3)cc(C(C)C)nc21. The maximum absolute atomic E-state index is 13.0. The molecule has 0 aliphatic heterocycles. The Kier molecular flexibility index (Phi) is 6.00. The van der Waals surface area contributed by atoms with Gasteiger partial charge in [-0.25, -0.2) is 9.78 Å². The van der Waals surface area contributed by atoms with E-state index in [1.807, 2.05) is 32.9 Å². The second-order valence-electron chi connectivity index (χ2n) is 7.44. The van der Waals surface area contributed by atoms with Crippen molar-refractivity contribution >= 4 is 16.9 Å². The van der Waals surface area contributed by atoms with Crippen molar-refractivity contribution in [2.24, 2.45) is 0 Å². The number of hydrogen-bond acceptors (Lipinski definition) is 5. The molecule has 3 heterocycles. The summed E-state index contributed by atoms with van der Waals surface area (Å²) in [5, 5.41) is 3.08. The Morgan fingerprint density at radius 2 is 2.07 bits per heavy atom. The number of carbonyl (C=O) groups is 1. The van der Waals surface area contributed by atoms with E-state index in [4.69, 9.17) is 4.42 Å². The van der Waals surface area contributed by atoms with Crippen LogP contribution >= 0.6 is 0 Å². The molecule has 0 saturated carbocycles. The van der Waals surface area contributed by atoms with Crippen LogP contribution in [0.25, 0.3) is 11.0 Å². The summed E-state index contributed by atoms with van der Waals surface area (Å²) in [7, 11) is 0. The molecule has 0 radical (unpaired) electrons. The number of rotatable bonds is 7. The molecule has 3 aromatic heterocycles. The van der Waals surface area contributed by atoms with Gasteiger partial charge in [0.2, 0.25) is 0 Å². The van der Waals surface area contributed by atoms with Crippen molar-refractivity contribution in [3.05, 3.63) is 62.3 Å². The Labute approximate surface area is 168 Å². The number of aromatic amines is 1. The van der Waals surface area contributed by atoms with E-state index in [2.05, 4.69) is 15.3 Å². The van der Waals surface area contributed by atoms with E-state index in [9.17, 15) is 14.4 Å². The highest BCUT2D eigenvalue weighted by atomic mass is 16.3. The Hall–Kier alpha value is -3.16. The molecule has 0 saturated heterocycles. The molecular formula is C21H26N4O4. The van der Waals surface area contributed by atoms with E-state index in [1.54, 1.807) is 19.3 Å². The predicted octanol–water partition coefficient (Wildman–Crippen LogP) is 2.57. The van der Waals surface area contributed by atoms with Crippen molar-refractivity contribution in [2.45, 2.75) is 59.0 Å². The number of fused-ring (bicyclic) bond motifs is 1. The van der Waals surface area contributed by atoms with Gasteiger partial charge >= 0.3 is 5.69 Å². The van der Waals surface area contributed by atoms with Crippen molar-refractivity contribution in [3.63, 3.8) is 0 Å². The van der Waals surface area contributed by atoms with Gasteiger partial charge in [-0.3, -0.25) is 19.1 Å². The lowest BCUT2D eigenvalue weighted by Crippen LogP contribution is -2.36. The molecule has 1 unspecified atom stereocenters. The lowest BCUT2D eigenvalue weighted by Gasteiger charge is -2.16. The van der Waals surface area contributed by atoms with E-state index < -0.39 is 11.2 Å². The smallest absolute Gasteiger partial charge is 0.329 e. The molecule has 0 aliphatic rings. The van der Waals surface area contributed by atoms with Gasteiger partial charge in [-0.15, -0.1) is 0 Å². The minimum atomic E-state index is -0.606. The third-order valence-electron chi connectivity index (χ3n) is 4.90. The summed E-state index contributed by atoms with van der Waals surface area (Å²) < 4.78 is 6.70. The highest BCUT2D eigenvalue weighted by Gasteiger charge is 2.21. The van der Waals surface area contributed by atoms with E-state index in [0.717, 1.165) is 5.76 Å². The standard InChI is InChI=1S/C21H26N4O4/c1-5-25-18-17(20(27)24-21(25)28)15(11-16(23-18)12(2)3)19(26)22-13(4)8-9-14-7-6-10-29-14/h6-7,10-13H,5,8-9H2,1-4H3,(H,22,26)(H,24,27,28). The fourth-order valence-corrected chi connectivity index (χ4v) is 3.25. The minimum Gasteiger partial charge on any atom is -0.469 e. The Morgan fingerprint density at radius 3 is 2.69 bits per heavy atom. The first-order valence-corrected chi connectivity index (χ1v) is 9.82. The summed E-state index contributed by atoms with van der Waals surface area (Å²) in [6.07, 6.45) is 3.00. The van der Waals surface area contributed by atoms with Crippen LogP contribution in [-0.4, -0.2) is 26.5 Å². The number of amides is 1. The van der Waals surface area contributed by atoms with Crippen LogP contribution in [-0.2, 0) is 13.0 Å². The molecule has 0 aromatic carbocycles. The molecule has 0 bridgehead atoms. The number of pyridine rings is 1. The highest BCUT2D eigenvalue weighted by Crippen LogP contribution is 2.20. The molecular weight excluding hydrogens is 372 g/mol. The van der Waals surface area contributed by atoms with Gasteiger partial charge < -0.3 is 9.73 Å². The molecule has 1 amide bonds. The quantitative estimate of drug-likeness (QED) is 0.636. The van der Waals surface area contributed by atoms with E-state index >= 15 is 0 Å². The average molecular weight is 398 g/mol. The van der Waals surface area contributed by atoms with Crippen molar-refractivity contribution in [3.8, 4) is 0 Å². The summed E-state index contributed by atoms with van der Waals surface area (Å²) in [6, 6.07) is 5.23. The topological polar surface area (TPSA) is 110 Å². The van der Waals surface area contributed by atoms with Crippen LogP contribution in [0.2, 0.25) is 0 Å². The Morgan fingerprint density at radius 1 is 1.31 bits per heavy atom. The molecule has 0 fully saturated rings. The van der Waals surface area contributed by atoms with Crippen molar-refractivity contribution in [1.29, 1.82) is 0 Å². The number of carbonyl (C=O) groups excluding carboxylic acids is 1. The Bertz CT molecular complexity index is 1130. The van der Waals surface area contributed by atoms with Crippen LogP contribution in [0, 0.1) is 0 Å². The van der Waals surface area contributed by atoms with Crippen molar-refractivity contribution in [2.75, 3.05) is 0 Å². The zero-order valence-electron chi connectivity index (χ0n) is 17.1. The van der Waals surface area contributed by atoms with Crippen molar-refractivity contribution in [1.82, 2.24) is 19.9 Å². The molecule has 8 nitrogen and oxygen atoms in total. The van der Waals surface area contributed by atoms with Gasteiger partial charge in [0.1, 0.15) is 5.76 Å². The van der Waals surface area contributed by atoms with Gasteiger partial charge in [-0.2, -0.15) is 0 Å². The van der Waals surface area contributed by atoms with Gasteiger partial charge in [0.15, 0.2) is 5.65 Å². The summed E-state index contributed by atoms with van der Waals surface area (Å²) >= 11 is 0. The number of H-pyrrole nitrogens is 1. The number of hydrogen-bond donors (Lipinski definition) is 2. The normalized spacial score (nSPS) is 12.4. The van der Waals surface area contributed by atoms with Gasteiger partial charge in [-0.05, 0) is 44.4 Å². The summed E-state index contributed by atoms with van der Waals surface area (Å²) in [4.78, 5) is 44.6. The molecule has 1 atom stereocenters. The number of nitrogens with one attached hydrogen (secondary N) is 2. The molecule has 154 valence electrons. The number of furan rings is 1. The molecule has 8 heteroatoms. The molecule has 3 aromatic rings. The zero-order chi connectivity index (χ0) is 21.1. The van der Waals surface area contributed by atoms with Gasteiger partial charge in [0.25, 0.3) is 11.5 Å². The molecule has 0 spiro atoms. The lowest BCUT2D eigenvalue weighted by atomic mass is 10.0. The second kappa shape index (κ2) is 8.46. The largest absolute Gasteiger partial charge is 0.469 e. The van der Waals surface area contributed by atoms with Crippen LogP contribution in [0.1, 0.15) is 61.8 Å². The van der Waals surface area contributed by atoms with Crippen molar-refractivity contribution < 1.29 is 9.21 Å². The number of aromatic nitrogens is 3. The summed E-state index contributed by atoms with van der Waals surface area (Å²) in [5.74, 6) is 0.519. The fourth-order valence-electron chi connectivity index (χ4n) is 3.25. The van der Waals surface area contributed by atoms with E-state index in [0.29, 0.717) is 25.1 Å². The summed E-state index contributed by atoms with van der Waals surface area (Å²) in [5.41, 5.74) is -0.0200. The van der Waals surface area contributed by atoms with E-state index in [-0.39, 0.29) is 34.5 Å². The lowest BCUT2D eigenvalue weighted by molar-refractivity contribution is 0.0939. The number of aryl methyl sites for hydroxylation is 2. The third kappa shape index (κ3) is 4.31. The fraction of sp³-hybridized carbons (Fsp3) is 0.429. The molecule has 2 N–H and O–H groups in total. The maximum Gasteiger partial charge on any atom is 0.329 e. The van der Waals surface area contributed by atoms with Gasteiger partial charge in [0.05, 0.1) is 17.2 Å². The maximum atomic E-state index is 13.0. The average Bonchev–Trinajstić information content (AvgIpc) is 3.19. The van der Waals surface area contributed by atoms with Crippen LogP contribution in [0.3, 0.4) is 0 Å². The van der Waals surface area contributed by atoms with E-state index in [1.165, 1.54) is 4.57 Å². The first kappa shape index (κ1) is 20.6. The minimum absolute atomic E-state index is 0.0296. The van der Waals surface area contributed by atoms with Crippen LogP contribution in [0.15, 0.2) is 38.5 Å². The molecule has 3 rings (SSSR count). The highest BCUT2D eigenvalue weighted by molar-refractivity contribution is 6.05. The first-order chi connectivity index (χ1) is 13.8. The predicted molar refractivity (Wildman–Crippen MR) is 110 cm³/mol. The zero-order valence-corrected chi connectivity index (χ0v) is 17.1. The van der Waals surface area contributed by atoms with Crippen LogP contribution in [0.5, 0.6) is 0 Å². The third-order valence-corrected chi connectivity index (χ3v) is 4.90. The van der Waals surface area contributed by atoms with Crippen LogP contribution < -0.4 is 16.6 Å². The number of nitrogens with zero attached hydrogens (tertiary/aromatic N) is 2. The second-order valence-corrected chi connectivity index (χ2v) is 7.44. The molecule has 0 aliphatic carbocycles. The Balaban J connectivity index is 1.99. The monoisotopic (exact) mass is 398 g/mol. The van der Waals surface area contributed by atoms with Gasteiger partial charge in [0, 0.05) is 24.7 Å². The first-order valence-electron chi connectivity index (χ1n) is 9.82.